The monoisotopic (exact) mass is 313 g/mol. The summed E-state index contributed by atoms with van der Waals surface area (Å²) >= 11 is 0. The summed E-state index contributed by atoms with van der Waals surface area (Å²) in [5, 5.41) is 8.40. The Morgan fingerprint density at radius 2 is 1.65 bits per heavy atom. The molecule has 2 heteroatoms. The van der Waals surface area contributed by atoms with E-state index in [0.29, 0.717) is 6.42 Å². The molecule has 1 fully saturated rings. The van der Waals surface area contributed by atoms with Crippen molar-refractivity contribution >= 4 is 0 Å². The van der Waals surface area contributed by atoms with E-state index in [1.54, 1.807) is 6.07 Å². The summed E-state index contributed by atoms with van der Waals surface area (Å²) in [5.74, 6) is 0.939. The molecule has 23 heavy (non-hydrogen) atoms. The first-order valence-electron chi connectivity index (χ1n) is 9.04. The van der Waals surface area contributed by atoms with Crippen LogP contribution in [0.1, 0.15) is 63.0 Å². The molecule has 0 bridgehead atoms. The number of hydrogen-bond acceptors (Lipinski definition) is 1. The second-order valence-corrected chi connectivity index (χ2v) is 6.84. The van der Waals surface area contributed by atoms with Crippen molar-refractivity contribution in [2.45, 2.75) is 64.7 Å². The first-order chi connectivity index (χ1) is 11.2. The van der Waals surface area contributed by atoms with Gasteiger partial charge in [0.2, 0.25) is 0 Å². The highest BCUT2D eigenvalue weighted by Crippen LogP contribution is 2.34. The van der Waals surface area contributed by atoms with Crippen LogP contribution in [0.3, 0.4) is 0 Å². The van der Waals surface area contributed by atoms with E-state index in [4.69, 9.17) is 5.26 Å². The quantitative estimate of drug-likeness (QED) is 0.554. The molecule has 1 saturated carbocycles. The molecule has 1 aliphatic carbocycles. The molecular formula is C21H28FN. The van der Waals surface area contributed by atoms with Crippen LogP contribution < -0.4 is 0 Å². The van der Waals surface area contributed by atoms with Crippen molar-refractivity contribution in [2.24, 2.45) is 11.8 Å². The van der Waals surface area contributed by atoms with Crippen LogP contribution in [0.15, 0.2) is 36.2 Å². The van der Waals surface area contributed by atoms with E-state index in [1.165, 1.54) is 55.7 Å². The van der Waals surface area contributed by atoms with E-state index in [2.05, 4.69) is 31.2 Å². The van der Waals surface area contributed by atoms with Gasteiger partial charge in [0.15, 0.2) is 5.83 Å². The molecule has 0 atom stereocenters. The number of rotatable bonds is 7. The van der Waals surface area contributed by atoms with Crippen molar-refractivity contribution in [1.29, 1.82) is 5.26 Å². The summed E-state index contributed by atoms with van der Waals surface area (Å²) in [4.78, 5) is 0. The van der Waals surface area contributed by atoms with Crippen LogP contribution in [-0.4, -0.2) is 0 Å². The number of hydrogen-bond donors (Lipinski definition) is 0. The fourth-order valence-electron chi connectivity index (χ4n) is 3.61. The van der Waals surface area contributed by atoms with Crippen LogP contribution >= 0.6 is 0 Å². The van der Waals surface area contributed by atoms with Crippen molar-refractivity contribution in [1.82, 2.24) is 0 Å². The van der Waals surface area contributed by atoms with E-state index >= 15 is 0 Å². The van der Waals surface area contributed by atoms with Gasteiger partial charge >= 0.3 is 0 Å². The maximum absolute atomic E-state index is 12.8. The summed E-state index contributed by atoms with van der Waals surface area (Å²) in [6.07, 6.45) is 11.9. The number of allylic oxidation sites excluding steroid dienone is 2. The highest BCUT2D eigenvalue weighted by Gasteiger charge is 2.20. The lowest BCUT2D eigenvalue weighted by Crippen LogP contribution is -2.15. The third-order valence-corrected chi connectivity index (χ3v) is 5.24. The molecule has 0 saturated heterocycles. The zero-order valence-electron chi connectivity index (χ0n) is 14.2. The summed E-state index contributed by atoms with van der Waals surface area (Å²) in [6, 6.07) is 10.6. The van der Waals surface area contributed by atoms with Crippen LogP contribution in [0.4, 0.5) is 4.39 Å². The predicted octanol–water partition coefficient (Wildman–Crippen LogP) is 6.15. The van der Waals surface area contributed by atoms with Crippen molar-refractivity contribution in [3.8, 4) is 6.07 Å². The maximum Gasteiger partial charge on any atom is 0.196 e. The third-order valence-electron chi connectivity index (χ3n) is 5.24. The number of aryl methyl sites for hydroxylation is 2. The smallest absolute Gasteiger partial charge is 0.195 e. The minimum Gasteiger partial charge on any atom is -0.195 e. The van der Waals surface area contributed by atoms with Crippen molar-refractivity contribution in [3.63, 3.8) is 0 Å². The molecule has 1 aromatic rings. The molecule has 1 aliphatic rings. The van der Waals surface area contributed by atoms with Crippen LogP contribution in [-0.2, 0) is 12.8 Å². The van der Waals surface area contributed by atoms with Gasteiger partial charge in [0.05, 0.1) is 0 Å². The Labute approximate surface area is 140 Å². The highest BCUT2D eigenvalue weighted by atomic mass is 19.1. The molecule has 1 nitrogen and oxygen atoms in total. The molecule has 1 aromatic carbocycles. The Bertz CT molecular complexity index is 530. The standard InChI is InChI=1S/C21H28FN/c1-2-17-6-8-19(9-7-17)14-15-20-12-10-18(11-13-20)4-3-5-21(22)16-23/h5-9,18,20H,2-4,10-15H2,1H3/t18-,20-. The van der Waals surface area contributed by atoms with Gasteiger partial charge in [-0.05, 0) is 61.1 Å². The zero-order valence-corrected chi connectivity index (χ0v) is 14.2. The van der Waals surface area contributed by atoms with Gasteiger partial charge in [-0.2, -0.15) is 9.65 Å². The topological polar surface area (TPSA) is 23.8 Å². The zero-order chi connectivity index (χ0) is 16.5. The Morgan fingerprint density at radius 3 is 2.22 bits per heavy atom. The number of nitrogens with zero attached hydrogens (tertiary/aromatic N) is 1. The average molecular weight is 313 g/mol. The minimum atomic E-state index is -0.632. The first kappa shape index (κ1) is 17.7. The lowest BCUT2D eigenvalue weighted by atomic mass is 9.78. The molecule has 0 unspecified atom stereocenters. The lowest BCUT2D eigenvalue weighted by molar-refractivity contribution is 0.254. The summed E-state index contributed by atoms with van der Waals surface area (Å²) in [6.45, 7) is 2.19. The second kappa shape index (κ2) is 9.50. The second-order valence-electron chi connectivity index (χ2n) is 6.84. The molecule has 0 aliphatic heterocycles. The van der Waals surface area contributed by atoms with Crippen molar-refractivity contribution < 1.29 is 4.39 Å². The van der Waals surface area contributed by atoms with E-state index in [1.807, 2.05) is 0 Å². The van der Waals surface area contributed by atoms with Crippen LogP contribution in [0.25, 0.3) is 0 Å². The average Bonchev–Trinajstić information content (AvgIpc) is 2.61. The van der Waals surface area contributed by atoms with Gasteiger partial charge in [-0.1, -0.05) is 56.9 Å². The number of benzene rings is 1. The Hall–Kier alpha value is -1.62. The number of nitriles is 1. The first-order valence-corrected chi connectivity index (χ1v) is 9.04. The van der Waals surface area contributed by atoms with Crippen molar-refractivity contribution in [3.05, 3.63) is 47.3 Å². The van der Waals surface area contributed by atoms with Gasteiger partial charge in [0.25, 0.3) is 0 Å². The van der Waals surface area contributed by atoms with Crippen LogP contribution in [0.5, 0.6) is 0 Å². The van der Waals surface area contributed by atoms with Crippen LogP contribution in [0, 0.1) is 23.2 Å². The summed E-state index contributed by atoms with van der Waals surface area (Å²) in [7, 11) is 0. The van der Waals surface area contributed by atoms with Gasteiger partial charge in [-0.25, -0.2) is 0 Å². The molecule has 0 heterocycles. The molecule has 124 valence electrons. The molecule has 2 rings (SSSR count). The molecule has 0 aromatic heterocycles. The Kier molecular flexibility index (Phi) is 7.33. The number of halogens is 1. The van der Waals surface area contributed by atoms with E-state index in [-0.39, 0.29) is 0 Å². The fraction of sp³-hybridized carbons (Fsp3) is 0.571. The highest BCUT2D eigenvalue weighted by molar-refractivity contribution is 5.22. The molecule has 0 amide bonds. The molecular weight excluding hydrogens is 285 g/mol. The van der Waals surface area contributed by atoms with Gasteiger partial charge in [-0.15, -0.1) is 0 Å². The molecule has 0 spiro atoms. The van der Waals surface area contributed by atoms with E-state index in [0.717, 1.165) is 24.7 Å². The van der Waals surface area contributed by atoms with Crippen molar-refractivity contribution in [2.75, 3.05) is 0 Å². The predicted molar refractivity (Wildman–Crippen MR) is 93.6 cm³/mol. The van der Waals surface area contributed by atoms with Gasteiger partial charge in [0, 0.05) is 0 Å². The maximum atomic E-state index is 12.8. The fourth-order valence-corrected chi connectivity index (χ4v) is 3.61. The Morgan fingerprint density at radius 1 is 1.09 bits per heavy atom. The third kappa shape index (κ3) is 6.18. The summed E-state index contributed by atoms with van der Waals surface area (Å²) < 4.78 is 12.8. The summed E-state index contributed by atoms with van der Waals surface area (Å²) in [5.41, 5.74) is 2.87. The van der Waals surface area contributed by atoms with Gasteiger partial charge in [0.1, 0.15) is 6.07 Å². The largest absolute Gasteiger partial charge is 0.196 e. The minimum absolute atomic E-state index is 0.632. The lowest BCUT2D eigenvalue weighted by Gasteiger charge is -2.28. The van der Waals surface area contributed by atoms with Crippen LogP contribution in [0.2, 0.25) is 0 Å². The van der Waals surface area contributed by atoms with E-state index < -0.39 is 5.83 Å². The van der Waals surface area contributed by atoms with Gasteiger partial charge < -0.3 is 0 Å². The molecule has 0 radical (unpaired) electrons. The van der Waals surface area contributed by atoms with Gasteiger partial charge in [-0.3, -0.25) is 0 Å². The van der Waals surface area contributed by atoms with E-state index in [9.17, 15) is 4.39 Å². The Balaban J connectivity index is 1.65. The normalized spacial score (nSPS) is 21.9. The SMILES string of the molecule is CCc1ccc(CC[C@H]2CC[C@H](CCC=C(F)C#N)CC2)cc1. The molecule has 0 N–H and O–H groups in total.